The van der Waals surface area contributed by atoms with Crippen LogP contribution in [0.25, 0.3) is 0 Å². The maximum Gasteiger partial charge on any atom is 0.323 e. The normalized spacial score (nSPS) is 21.7. The van der Waals surface area contributed by atoms with Crippen LogP contribution in [-0.2, 0) is 15.6 Å². The van der Waals surface area contributed by atoms with Crippen LogP contribution >= 0.6 is 0 Å². The number of hydrogen-bond donors (Lipinski definition) is 2. The van der Waals surface area contributed by atoms with Crippen LogP contribution < -0.4 is 5.32 Å². The molecule has 0 aromatic heterocycles. The Labute approximate surface area is 111 Å². The molecule has 0 aliphatic carbocycles. The topological polar surface area (TPSA) is 69.6 Å². The first kappa shape index (κ1) is 15.6. The molecule has 1 heterocycles. The van der Waals surface area contributed by atoms with E-state index in [4.69, 9.17) is 0 Å². The maximum absolute atomic E-state index is 11.3. The smallest absolute Gasteiger partial charge is 0.323 e. The summed E-state index contributed by atoms with van der Waals surface area (Å²) in [4.78, 5) is 13.5. The predicted octanol–water partition coefficient (Wildman–Crippen LogP) is 0.284. The Bertz CT molecular complexity index is 302. The van der Waals surface area contributed by atoms with Crippen LogP contribution in [0, 0.1) is 0 Å². The number of nitrogens with zero attached hydrogens (tertiary/aromatic N) is 1. The van der Waals surface area contributed by atoms with Crippen molar-refractivity contribution in [2.24, 2.45) is 0 Å². The van der Waals surface area contributed by atoms with Gasteiger partial charge in [-0.1, -0.05) is 6.92 Å². The Morgan fingerprint density at radius 2 is 2.06 bits per heavy atom. The molecule has 1 saturated heterocycles. The molecule has 1 rings (SSSR count). The molecule has 0 bridgehead atoms. The second-order valence-corrected chi connectivity index (χ2v) is 6.70. The van der Waals surface area contributed by atoms with Gasteiger partial charge in [-0.25, -0.2) is 0 Å². The zero-order valence-electron chi connectivity index (χ0n) is 11.3. The maximum atomic E-state index is 11.3. The Hall–Kier alpha value is -0.460. The SMILES string of the molecule is CCCNC(C)(CCN1CCS(=O)CC1)C(=O)O. The highest BCUT2D eigenvalue weighted by atomic mass is 32.2. The second-order valence-electron chi connectivity index (χ2n) is 5.00. The molecule has 1 unspecified atom stereocenters. The number of carboxylic acids is 1. The summed E-state index contributed by atoms with van der Waals surface area (Å²) in [7, 11) is -0.673. The molecule has 1 aliphatic rings. The highest BCUT2D eigenvalue weighted by Crippen LogP contribution is 2.12. The van der Waals surface area contributed by atoms with E-state index >= 15 is 0 Å². The average molecular weight is 276 g/mol. The molecule has 0 aromatic carbocycles. The highest BCUT2D eigenvalue weighted by molar-refractivity contribution is 7.85. The van der Waals surface area contributed by atoms with Crippen LogP contribution in [-0.4, -0.2) is 63.4 Å². The standard InChI is InChI=1S/C12H24N2O3S/c1-3-5-13-12(2,11(15)16)4-6-14-7-9-18(17)10-8-14/h13H,3-10H2,1-2H3,(H,15,16). The first-order chi connectivity index (χ1) is 8.48. The van der Waals surface area contributed by atoms with Gasteiger partial charge in [-0.15, -0.1) is 0 Å². The van der Waals surface area contributed by atoms with Crippen molar-refractivity contribution < 1.29 is 14.1 Å². The number of nitrogens with one attached hydrogen (secondary N) is 1. The molecule has 18 heavy (non-hydrogen) atoms. The summed E-state index contributed by atoms with van der Waals surface area (Å²) in [5.41, 5.74) is -0.855. The van der Waals surface area contributed by atoms with E-state index in [-0.39, 0.29) is 0 Å². The van der Waals surface area contributed by atoms with Crippen molar-refractivity contribution in [3.63, 3.8) is 0 Å². The number of carbonyl (C=O) groups is 1. The van der Waals surface area contributed by atoms with Crippen LogP contribution in [0.4, 0.5) is 0 Å². The number of rotatable bonds is 7. The zero-order chi connectivity index (χ0) is 13.6. The third-order valence-electron chi connectivity index (χ3n) is 3.44. The Morgan fingerprint density at radius 1 is 1.44 bits per heavy atom. The van der Waals surface area contributed by atoms with E-state index < -0.39 is 22.3 Å². The average Bonchev–Trinajstić information content (AvgIpc) is 2.35. The van der Waals surface area contributed by atoms with Gasteiger partial charge in [0.05, 0.1) is 0 Å². The van der Waals surface area contributed by atoms with Crippen LogP contribution in [0.5, 0.6) is 0 Å². The van der Waals surface area contributed by atoms with Crippen molar-refractivity contribution in [3.05, 3.63) is 0 Å². The Balaban J connectivity index is 2.42. The molecule has 0 saturated carbocycles. The summed E-state index contributed by atoms with van der Waals surface area (Å²) in [5.74, 6) is 0.634. The molecule has 1 atom stereocenters. The molecule has 1 aliphatic heterocycles. The first-order valence-electron chi connectivity index (χ1n) is 6.53. The predicted molar refractivity (Wildman–Crippen MR) is 73.3 cm³/mol. The number of aliphatic carboxylic acids is 1. The Morgan fingerprint density at radius 3 is 2.56 bits per heavy atom. The lowest BCUT2D eigenvalue weighted by Crippen LogP contribution is -2.52. The van der Waals surface area contributed by atoms with E-state index in [2.05, 4.69) is 10.2 Å². The van der Waals surface area contributed by atoms with Gasteiger partial charge in [0, 0.05) is 41.9 Å². The minimum atomic E-state index is -0.855. The summed E-state index contributed by atoms with van der Waals surface area (Å²) in [6, 6.07) is 0. The van der Waals surface area contributed by atoms with E-state index in [1.165, 1.54) is 0 Å². The second kappa shape index (κ2) is 7.21. The van der Waals surface area contributed by atoms with Crippen LogP contribution in [0.3, 0.4) is 0 Å². The number of hydrogen-bond acceptors (Lipinski definition) is 4. The van der Waals surface area contributed by atoms with Gasteiger partial charge < -0.3 is 15.3 Å². The summed E-state index contributed by atoms with van der Waals surface area (Å²) in [6.45, 7) is 6.86. The lowest BCUT2D eigenvalue weighted by molar-refractivity contribution is -0.144. The van der Waals surface area contributed by atoms with Gasteiger partial charge in [0.1, 0.15) is 5.54 Å². The molecule has 0 radical (unpaired) electrons. The molecule has 5 nitrogen and oxygen atoms in total. The molecule has 0 spiro atoms. The fourth-order valence-corrected chi connectivity index (χ4v) is 3.08. The molecule has 106 valence electrons. The fraction of sp³-hybridized carbons (Fsp3) is 0.917. The molecule has 0 amide bonds. The third kappa shape index (κ3) is 4.66. The van der Waals surface area contributed by atoms with Crippen molar-refractivity contribution in [3.8, 4) is 0 Å². The van der Waals surface area contributed by atoms with Crippen molar-refractivity contribution in [1.82, 2.24) is 10.2 Å². The largest absolute Gasteiger partial charge is 0.480 e. The van der Waals surface area contributed by atoms with Gasteiger partial charge in [-0.2, -0.15) is 0 Å². The lowest BCUT2D eigenvalue weighted by atomic mass is 9.97. The monoisotopic (exact) mass is 276 g/mol. The quantitative estimate of drug-likeness (QED) is 0.699. The fourth-order valence-electron chi connectivity index (χ4n) is 1.95. The zero-order valence-corrected chi connectivity index (χ0v) is 12.1. The van der Waals surface area contributed by atoms with Crippen molar-refractivity contribution >= 4 is 16.8 Å². The van der Waals surface area contributed by atoms with Gasteiger partial charge in [0.2, 0.25) is 0 Å². The molecular weight excluding hydrogens is 252 g/mol. The van der Waals surface area contributed by atoms with Gasteiger partial charge in [-0.05, 0) is 26.3 Å². The first-order valence-corrected chi connectivity index (χ1v) is 8.02. The van der Waals surface area contributed by atoms with Crippen molar-refractivity contribution in [1.29, 1.82) is 0 Å². The summed E-state index contributed by atoms with van der Waals surface area (Å²) in [6.07, 6.45) is 1.50. The molecule has 2 N–H and O–H groups in total. The van der Waals surface area contributed by atoms with E-state index in [0.717, 1.165) is 26.1 Å². The van der Waals surface area contributed by atoms with Gasteiger partial charge in [0.25, 0.3) is 0 Å². The summed E-state index contributed by atoms with van der Waals surface area (Å²) in [5, 5.41) is 12.4. The molecule has 0 aromatic rings. The van der Waals surface area contributed by atoms with E-state index in [1.54, 1.807) is 6.92 Å². The van der Waals surface area contributed by atoms with E-state index in [1.807, 2.05) is 6.92 Å². The van der Waals surface area contributed by atoms with Gasteiger partial charge >= 0.3 is 5.97 Å². The van der Waals surface area contributed by atoms with Crippen LogP contribution in [0.1, 0.15) is 26.7 Å². The highest BCUT2D eigenvalue weighted by Gasteiger charge is 2.32. The third-order valence-corrected chi connectivity index (χ3v) is 4.71. The molecule has 6 heteroatoms. The minimum absolute atomic E-state index is 0.578. The van der Waals surface area contributed by atoms with Crippen LogP contribution in [0.2, 0.25) is 0 Å². The summed E-state index contributed by atoms with van der Waals surface area (Å²) < 4.78 is 11.2. The molecular formula is C12H24N2O3S. The summed E-state index contributed by atoms with van der Waals surface area (Å²) >= 11 is 0. The van der Waals surface area contributed by atoms with E-state index in [0.29, 0.717) is 24.5 Å². The van der Waals surface area contributed by atoms with E-state index in [9.17, 15) is 14.1 Å². The Kier molecular flexibility index (Phi) is 6.25. The number of carboxylic acid groups (broad SMARTS) is 1. The van der Waals surface area contributed by atoms with Crippen LogP contribution in [0.15, 0.2) is 0 Å². The lowest BCUT2D eigenvalue weighted by Gasteiger charge is -2.31. The van der Waals surface area contributed by atoms with Crippen molar-refractivity contribution in [2.45, 2.75) is 32.2 Å². The van der Waals surface area contributed by atoms with Gasteiger partial charge in [-0.3, -0.25) is 9.00 Å². The molecule has 1 fully saturated rings. The minimum Gasteiger partial charge on any atom is -0.480 e. The van der Waals surface area contributed by atoms with Crippen molar-refractivity contribution in [2.75, 3.05) is 37.7 Å². The van der Waals surface area contributed by atoms with Gasteiger partial charge in [0.15, 0.2) is 0 Å².